The van der Waals surface area contributed by atoms with Crippen LogP contribution in [0.5, 0.6) is 0 Å². The van der Waals surface area contributed by atoms with Gasteiger partial charge in [-0.3, -0.25) is 4.79 Å². The zero-order valence-corrected chi connectivity index (χ0v) is 8.84. The molecule has 0 spiro atoms. The summed E-state index contributed by atoms with van der Waals surface area (Å²) in [4.78, 5) is 14.1. The van der Waals surface area contributed by atoms with Gasteiger partial charge < -0.3 is 15.2 Å². The molecule has 2 rings (SSSR count). The van der Waals surface area contributed by atoms with E-state index in [0.717, 1.165) is 10.9 Å². The van der Waals surface area contributed by atoms with Gasteiger partial charge in [0.25, 0.3) is 0 Å². The molecule has 1 heterocycles. The second-order valence-electron chi connectivity index (χ2n) is 3.85. The molecule has 84 valence electrons. The number of carboxylic acid groups (broad SMARTS) is 1. The van der Waals surface area contributed by atoms with Gasteiger partial charge in [0.15, 0.2) is 0 Å². The number of rotatable bonds is 3. The van der Waals surface area contributed by atoms with Crippen molar-refractivity contribution in [3.63, 3.8) is 0 Å². The summed E-state index contributed by atoms with van der Waals surface area (Å²) in [5.41, 5.74) is 1.50. The monoisotopic (exact) mass is 219 g/mol. The minimum Gasteiger partial charge on any atom is -0.481 e. The van der Waals surface area contributed by atoms with Gasteiger partial charge in [0.05, 0.1) is 6.10 Å². The predicted octanol–water partition coefficient (Wildman–Crippen LogP) is 1.72. The van der Waals surface area contributed by atoms with Gasteiger partial charge in [0.1, 0.15) is 5.92 Å². The molecule has 1 aromatic carbocycles. The molecule has 2 atom stereocenters. The SMILES string of the molecule is C[C@H](O)[C@@H](C(=O)O)c1c[nH]c2ccccc12. The molecule has 1 aromatic heterocycles. The first-order chi connectivity index (χ1) is 7.61. The maximum atomic E-state index is 11.1. The molecule has 0 bridgehead atoms. The summed E-state index contributed by atoms with van der Waals surface area (Å²) in [6.07, 6.45) is 0.729. The van der Waals surface area contributed by atoms with Crippen LogP contribution in [0.25, 0.3) is 10.9 Å². The lowest BCUT2D eigenvalue weighted by Crippen LogP contribution is -2.23. The lowest BCUT2D eigenvalue weighted by Gasteiger charge is -2.14. The lowest BCUT2D eigenvalue weighted by atomic mass is 9.94. The van der Waals surface area contributed by atoms with Crippen molar-refractivity contribution in [1.82, 2.24) is 4.98 Å². The Morgan fingerprint density at radius 2 is 2.06 bits per heavy atom. The molecule has 4 heteroatoms. The first-order valence-corrected chi connectivity index (χ1v) is 5.08. The van der Waals surface area contributed by atoms with Crippen LogP contribution < -0.4 is 0 Å². The molecular weight excluding hydrogens is 206 g/mol. The largest absolute Gasteiger partial charge is 0.481 e. The molecule has 0 aliphatic heterocycles. The highest BCUT2D eigenvalue weighted by Crippen LogP contribution is 2.28. The van der Waals surface area contributed by atoms with E-state index in [4.69, 9.17) is 5.11 Å². The van der Waals surface area contributed by atoms with E-state index in [0.29, 0.717) is 5.56 Å². The molecule has 0 radical (unpaired) electrons. The van der Waals surface area contributed by atoms with Crippen LogP contribution in [-0.2, 0) is 4.79 Å². The summed E-state index contributed by atoms with van der Waals surface area (Å²) in [5.74, 6) is -1.91. The number of para-hydroxylation sites is 1. The Morgan fingerprint density at radius 1 is 1.38 bits per heavy atom. The van der Waals surface area contributed by atoms with Crippen LogP contribution in [-0.4, -0.2) is 27.3 Å². The number of aliphatic hydroxyl groups excluding tert-OH is 1. The van der Waals surface area contributed by atoms with Gasteiger partial charge >= 0.3 is 5.97 Å². The highest BCUT2D eigenvalue weighted by Gasteiger charge is 2.27. The van der Waals surface area contributed by atoms with Crippen molar-refractivity contribution in [2.45, 2.75) is 18.9 Å². The van der Waals surface area contributed by atoms with Crippen molar-refractivity contribution < 1.29 is 15.0 Å². The maximum Gasteiger partial charge on any atom is 0.313 e. The topological polar surface area (TPSA) is 73.3 Å². The van der Waals surface area contributed by atoms with Crippen molar-refractivity contribution >= 4 is 16.9 Å². The molecule has 0 fully saturated rings. The minimum atomic E-state index is -1.01. The number of fused-ring (bicyclic) bond motifs is 1. The van der Waals surface area contributed by atoms with Crippen LogP contribution in [0.2, 0.25) is 0 Å². The number of hydrogen-bond donors (Lipinski definition) is 3. The molecule has 0 saturated carbocycles. The van der Waals surface area contributed by atoms with Gasteiger partial charge in [0, 0.05) is 17.1 Å². The molecule has 0 aliphatic rings. The van der Waals surface area contributed by atoms with E-state index in [1.807, 2.05) is 24.3 Å². The van der Waals surface area contributed by atoms with Crippen LogP contribution in [0, 0.1) is 0 Å². The number of nitrogens with one attached hydrogen (secondary N) is 1. The van der Waals surface area contributed by atoms with Crippen molar-refractivity contribution in [2.75, 3.05) is 0 Å². The van der Waals surface area contributed by atoms with E-state index >= 15 is 0 Å². The standard InChI is InChI=1S/C12H13NO3/c1-7(14)11(12(15)16)9-6-13-10-5-3-2-4-8(9)10/h2-7,11,13-14H,1H3,(H,15,16)/t7-,11+/m0/s1. The number of aliphatic hydroxyl groups is 1. The minimum absolute atomic E-state index is 0.623. The van der Waals surface area contributed by atoms with E-state index in [1.165, 1.54) is 6.92 Å². The van der Waals surface area contributed by atoms with Gasteiger partial charge in [-0.05, 0) is 18.6 Å². The van der Waals surface area contributed by atoms with Crippen molar-refractivity contribution in [3.8, 4) is 0 Å². The van der Waals surface area contributed by atoms with Gasteiger partial charge in [-0.25, -0.2) is 0 Å². The Morgan fingerprint density at radius 3 is 2.69 bits per heavy atom. The molecule has 4 nitrogen and oxygen atoms in total. The molecular formula is C12H13NO3. The van der Waals surface area contributed by atoms with Gasteiger partial charge in [-0.15, -0.1) is 0 Å². The lowest BCUT2D eigenvalue weighted by molar-refractivity contribution is -0.141. The highest BCUT2D eigenvalue weighted by molar-refractivity contribution is 5.89. The van der Waals surface area contributed by atoms with E-state index in [1.54, 1.807) is 6.20 Å². The van der Waals surface area contributed by atoms with E-state index in [2.05, 4.69) is 4.98 Å². The second-order valence-corrected chi connectivity index (χ2v) is 3.85. The average Bonchev–Trinajstić information content (AvgIpc) is 2.61. The third kappa shape index (κ3) is 1.67. The Balaban J connectivity index is 2.57. The van der Waals surface area contributed by atoms with Crippen LogP contribution in [0.3, 0.4) is 0 Å². The second kappa shape index (κ2) is 3.98. The van der Waals surface area contributed by atoms with Crippen molar-refractivity contribution in [3.05, 3.63) is 36.0 Å². The molecule has 0 unspecified atom stereocenters. The smallest absolute Gasteiger partial charge is 0.313 e. The van der Waals surface area contributed by atoms with Crippen LogP contribution in [0.4, 0.5) is 0 Å². The Hall–Kier alpha value is -1.81. The highest BCUT2D eigenvalue weighted by atomic mass is 16.4. The van der Waals surface area contributed by atoms with Crippen LogP contribution >= 0.6 is 0 Å². The summed E-state index contributed by atoms with van der Waals surface area (Å²) in [6, 6.07) is 7.45. The number of carbonyl (C=O) groups is 1. The normalized spacial score (nSPS) is 14.9. The number of H-pyrrole nitrogens is 1. The fourth-order valence-corrected chi connectivity index (χ4v) is 1.95. The fraction of sp³-hybridized carbons (Fsp3) is 0.250. The molecule has 0 amide bonds. The number of aromatic amines is 1. The van der Waals surface area contributed by atoms with Crippen LogP contribution in [0.15, 0.2) is 30.5 Å². The molecule has 16 heavy (non-hydrogen) atoms. The number of carboxylic acids is 1. The maximum absolute atomic E-state index is 11.1. The average molecular weight is 219 g/mol. The van der Waals surface area contributed by atoms with E-state index in [-0.39, 0.29) is 0 Å². The fourth-order valence-electron chi connectivity index (χ4n) is 1.95. The Bertz CT molecular complexity index is 516. The van der Waals surface area contributed by atoms with Crippen molar-refractivity contribution in [1.29, 1.82) is 0 Å². The Kier molecular flexibility index (Phi) is 2.66. The summed E-state index contributed by atoms with van der Waals surface area (Å²) in [6.45, 7) is 1.49. The zero-order chi connectivity index (χ0) is 11.7. The van der Waals surface area contributed by atoms with Gasteiger partial charge in [-0.2, -0.15) is 0 Å². The summed E-state index contributed by atoms with van der Waals surface area (Å²) >= 11 is 0. The summed E-state index contributed by atoms with van der Waals surface area (Å²) in [7, 11) is 0. The Labute approximate surface area is 92.5 Å². The molecule has 2 aromatic rings. The molecule has 0 aliphatic carbocycles. The first kappa shape index (κ1) is 10.7. The summed E-state index contributed by atoms with van der Waals surface area (Å²) < 4.78 is 0. The van der Waals surface area contributed by atoms with Gasteiger partial charge in [0.2, 0.25) is 0 Å². The summed E-state index contributed by atoms with van der Waals surface area (Å²) in [5, 5.41) is 19.5. The quantitative estimate of drug-likeness (QED) is 0.735. The molecule has 0 saturated heterocycles. The number of benzene rings is 1. The number of hydrogen-bond acceptors (Lipinski definition) is 2. The first-order valence-electron chi connectivity index (χ1n) is 5.08. The van der Waals surface area contributed by atoms with E-state index < -0.39 is 18.0 Å². The third-order valence-corrected chi connectivity index (χ3v) is 2.70. The van der Waals surface area contributed by atoms with E-state index in [9.17, 15) is 9.90 Å². The molecule has 3 N–H and O–H groups in total. The number of aromatic nitrogens is 1. The number of aliphatic carboxylic acids is 1. The third-order valence-electron chi connectivity index (χ3n) is 2.70. The predicted molar refractivity (Wildman–Crippen MR) is 60.4 cm³/mol. The zero-order valence-electron chi connectivity index (χ0n) is 8.84. The van der Waals surface area contributed by atoms with Crippen LogP contribution in [0.1, 0.15) is 18.4 Å². The van der Waals surface area contributed by atoms with Crippen molar-refractivity contribution in [2.24, 2.45) is 0 Å². The van der Waals surface area contributed by atoms with Gasteiger partial charge in [-0.1, -0.05) is 18.2 Å².